The Morgan fingerprint density at radius 2 is 1.74 bits per heavy atom. The molecule has 3 N–H and O–H groups in total. The third-order valence-electron chi connectivity index (χ3n) is 3.91. The second kappa shape index (κ2) is 4.98. The van der Waals surface area contributed by atoms with Gasteiger partial charge in [-0.2, -0.15) is 0 Å². The number of aryl methyl sites for hydroxylation is 2. The predicted octanol–water partition coefficient (Wildman–Crippen LogP) is 0.929. The average Bonchev–Trinajstić information content (AvgIpc) is 2.76. The molecule has 2 heterocycles. The number of amides is 2. The summed E-state index contributed by atoms with van der Waals surface area (Å²) in [6, 6.07) is 4.67. The zero-order valence-electron chi connectivity index (χ0n) is 12.9. The molecular weight excluding hydrogens is 298 g/mol. The number of nitrogens with one attached hydrogen (secondary N) is 1. The Kier molecular flexibility index (Phi) is 3.21. The molecule has 0 radical (unpaired) electrons. The van der Waals surface area contributed by atoms with Crippen LogP contribution in [0.25, 0.3) is 5.69 Å². The molecule has 0 saturated carbocycles. The van der Waals surface area contributed by atoms with Crippen molar-refractivity contribution in [3.8, 4) is 11.4 Å². The van der Waals surface area contributed by atoms with Gasteiger partial charge in [0.25, 0.3) is 17.4 Å². The van der Waals surface area contributed by atoms with E-state index in [4.69, 9.17) is 10.5 Å². The maximum Gasteiger partial charge on any atom is 0.262 e. The molecule has 3 rings (SSSR count). The molecule has 23 heavy (non-hydrogen) atoms. The average molecular weight is 313 g/mol. The van der Waals surface area contributed by atoms with Gasteiger partial charge < -0.3 is 10.5 Å². The Labute approximate surface area is 131 Å². The maximum atomic E-state index is 12.4. The van der Waals surface area contributed by atoms with Crippen LogP contribution in [0.4, 0.5) is 5.82 Å². The van der Waals surface area contributed by atoms with Crippen molar-refractivity contribution >= 4 is 17.6 Å². The minimum Gasteiger partial charge on any atom is -0.496 e. The van der Waals surface area contributed by atoms with E-state index in [1.54, 1.807) is 19.2 Å². The number of rotatable bonds is 2. The second-order valence-electron chi connectivity index (χ2n) is 5.38. The Balaban J connectivity index is 2.33. The van der Waals surface area contributed by atoms with Crippen molar-refractivity contribution in [1.82, 2.24) is 9.88 Å². The van der Waals surface area contributed by atoms with E-state index in [1.165, 1.54) is 4.57 Å². The quantitative estimate of drug-likeness (QED) is 0.803. The lowest BCUT2D eigenvalue weighted by Gasteiger charge is -2.16. The van der Waals surface area contributed by atoms with Gasteiger partial charge in [-0.25, -0.2) is 0 Å². The smallest absolute Gasteiger partial charge is 0.262 e. The van der Waals surface area contributed by atoms with E-state index in [0.29, 0.717) is 11.4 Å². The fraction of sp³-hybridized carbons (Fsp3) is 0.188. The molecule has 0 atom stereocenters. The van der Waals surface area contributed by atoms with Crippen LogP contribution in [-0.2, 0) is 0 Å². The fourth-order valence-corrected chi connectivity index (χ4v) is 2.76. The molecule has 2 aromatic rings. The number of anilines is 1. The van der Waals surface area contributed by atoms with E-state index in [9.17, 15) is 14.4 Å². The van der Waals surface area contributed by atoms with E-state index in [2.05, 4.69) is 5.32 Å². The lowest BCUT2D eigenvalue weighted by Crippen LogP contribution is -2.24. The maximum absolute atomic E-state index is 12.4. The highest BCUT2D eigenvalue weighted by Crippen LogP contribution is 2.28. The lowest BCUT2D eigenvalue weighted by molar-refractivity contribution is 0.0880. The van der Waals surface area contributed by atoms with Crippen LogP contribution in [0.2, 0.25) is 0 Å². The number of imide groups is 1. The highest BCUT2D eigenvalue weighted by Gasteiger charge is 2.32. The van der Waals surface area contributed by atoms with E-state index in [1.807, 2.05) is 13.8 Å². The number of methoxy groups -OCH3 is 1. The van der Waals surface area contributed by atoms with Crippen LogP contribution in [0.5, 0.6) is 5.75 Å². The molecule has 1 aliphatic rings. The summed E-state index contributed by atoms with van der Waals surface area (Å²) in [5, 5.41) is 2.14. The first-order chi connectivity index (χ1) is 10.8. The van der Waals surface area contributed by atoms with Gasteiger partial charge in [0.2, 0.25) is 0 Å². The first kappa shape index (κ1) is 14.8. The zero-order chi connectivity index (χ0) is 16.9. The molecule has 2 amide bonds. The third-order valence-corrected chi connectivity index (χ3v) is 3.91. The number of benzene rings is 1. The topological polar surface area (TPSA) is 103 Å². The standard InChI is InChI=1S/C16H15N3O4/c1-7-5-11(23-3)8(2)4-10(7)19-12(20)6-9-13(14(19)17)16(22)18-15(9)21/h4-6H,17H2,1-3H3,(H,18,21,22). The monoisotopic (exact) mass is 313 g/mol. The second-order valence-corrected chi connectivity index (χ2v) is 5.38. The number of hydrogen-bond acceptors (Lipinski definition) is 5. The molecule has 0 bridgehead atoms. The summed E-state index contributed by atoms with van der Waals surface area (Å²) in [6.45, 7) is 3.65. The van der Waals surface area contributed by atoms with Crippen molar-refractivity contribution in [2.75, 3.05) is 12.8 Å². The number of carbonyl (C=O) groups is 2. The molecule has 0 spiro atoms. The third kappa shape index (κ3) is 2.09. The van der Waals surface area contributed by atoms with Gasteiger partial charge in [0, 0.05) is 6.07 Å². The van der Waals surface area contributed by atoms with Gasteiger partial charge in [0.1, 0.15) is 11.6 Å². The number of nitrogen functional groups attached to an aromatic ring is 1. The van der Waals surface area contributed by atoms with Gasteiger partial charge in [-0.1, -0.05) is 0 Å². The molecule has 1 aromatic heterocycles. The number of carbonyl (C=O) groups excluding carboxylic acids is 2. The molecule has 0 saturated heterocycles. The van der Waals surface area contributed by atoms with Gasteiger partial charge in [0.05, 0.1) is 23.9 Å². The van der Waals surface area contributed by atoms with Crippen molar-refractivity contribution in [3.05, 3.63) is 50.8 Å². The van der Waals surface area contributed by atoms with Crippen LogP contribution < -0.4 is 21.3 Å². The molecule has 7 nitrogen and oxygen atoms in total. The summed E-state index contributed by atoms with van der Waals surface area (Å²) in [7, 11) is 1.56. The number of aromatic nitrogens is 1. The van der Waals surface area contributed by atoms with Crippen LogP contribution >= 0.6 is 0 Å². The number of nitrogens with two attached hydrogens (primary N) is 1. The number of ether oxygens (including phenoxy) is 1. The summed E-state index contributed by atoms with van der Waals surface area (Å²) in [6.07, 6.45) is 0. The number of fused-ring (bicyclic) bond motifs is 1. The van der Waals surface area contributed by atoms with E-state index in [0.717, 1.165) is 17.2 Å². The van der Waals surface area contributed by atoms with Crippen molar-refractivity contribution in [2.24, 2.45) is 0 Å². The largest absolute Gasteiger partial charge is 0.496 e. The highest BCUT2D eigenvalue weighted by atomic mass is 16.5. The Hall–Kier alpha value is -3.09. The summed E-state index contributed by atoms with van der Waals surface area (Å²) < 4.78 is 6.49. The van der Waals surface area contributed by atoms with Crippen molar-refractivity contribution in [2.45, 2.75) is 13.8 Å². The van der Waals surface area contributed by atoms with Crippen LogP contribution in [0.15, 0.2) is 23.0 Å². The van der Waals surface area contributed by atoms with E-state index >= 15 is 0 Å². The minimum atomic E-state index is -0.608. The predicted molar refractivity (Wildman–Crippen MR) is 84.3 cm³/mol. The lowest BCUT2D eigenvalue weighted by atomic mass is 10.1. The Morgan fingerprint density at radius 3 is 2.39 bits per heavy atom. The fourth-order valence-electron chi connectivity index (χ4n) is 2.76. The first-order valence-corrected chi connectivity index (χ1v) is 6.92. The molecule has 7 heteroatoms. The van der Waals surface area contributed by atoms with Crippen LogP contribution in [0.1, 0.15) is 31.8 Å². The summed E-state index contributed by atoms with van der Waals surface area (Å²) in [4.78, 5) is 36.0. The Bertz CT molecular complexity index is 928. The van der Waals surface area contributed by atoms with E-state index in [-0.39, 0.29) is 16.9 Å². The minimum absolute atomic E-state index is 0.0108. The van der Waals surface area contributed by atoms with Crippen molar-refractivity contribution < 1.29 is 14.3 Å². The molecular formula is C16H15N3O4. The molecule has 0 fully saturated rings. The van der Waals surface area contributed by atoms with Crippen LogP contribution in [0.3, 0.4) is 0 Å². The normalized spacial score (nSPS) is 13.0. The van der Waals surface area contributed by atoms with Gasteiger partial charge in [-0.15, -0.1) is 0 Å². The molecule has 1 aromatic carbocycles. The summed E-state index contributed by atoms with van der Waals surface area (Å²) in [5.41, 5.74) is 7.71. The zero-order valence-corrected chi connectivity index (χ0v) is 12.9. The van der Waals surface area contributed by atoms with Gasteiger partial charge in [0.15, 0.2) is 0 Å². The van der Waals surface area contributed by atoms with Crippen molar-refractivity contribution in [1.29, 1.82) is 0 Å². The van der Waals surface area contributed by atoms with Gasteiger partial charge in [-0.05, 0) is 37.1 Å². The molecule has 118 valence electrons. The van der Waals surface area contributed by atoms with Crippen LogP contribution in [0, 0.1) is 13.8 Å². The van der Waals surface area contributed by atoms with Crippen LogP contribution in [-0.4, -0.2) is 23.5 Å². The van der Waals surface area contributed by atoms with Gasteiger partial charge >= 0.3 is 0 Å². The number of pyridine rings is 1. The highest BCUT2D eigenvalue weighted by molar-refractivity contribution is 6.23. The molecule has 0 aliphatic carbocycles. The van der Waals surface area contributed by atoms with E-state index < -0.39 is 17.4 Å². The molecule has 0 unspecified atom stereocenters. The Morgan fingerprint density at radius 1 is 1.04 bits per heavy atom. The molecule has 1 aliphatic heterocycles. The number of hydrogen-bond donors (Lipinski definition) is 2. The summed E-state index contributed by atoms with van der Waals surface area (Å²) >= 11 is 0. The van der Waals surface area contributed by atoms with Gasteiger partial charge in [-0.3, -0.25) is 24.3 Å². The SMILES string of the molecule is COc1cc(C)c(-n2c(N)c3c(cc2=O)C(=O)NC3=O)cc1C. The number of nitrogens with zero attached hydrogens (tertiary/aromatic N) is 1. The first-order valence-electron chi connectivity index (χ1n) is 6.92. The summed E-state index contributed by atoms with van der Waals surface area (Å²) in [5.74, 6) is -0.571. The van der Waals surface area contributed by atoms with Crippen molar-refractivity contribution in [3.63, 3.8) is 0 Å².